The van der Waals surface area contributed by atoms with Crippen molar-refractivity contribution in [3.63, 3.8) is 0 Å². The number of para-hydroxylation sites is 1. The van der Waals surface area contributed by atoms with Gasteiger partial charge in [-0.25, -0.2) is 4.39 Å². The van der Waals surface area contributed by atoms with Crippen LogP contribution in [0.15, 0.2) is 18.2 Å². The topological polar surface area (TPSA) is 32.3 Å². The van der Waals surface area contributed by atoms with Gasteiger partial charge in [0.05, 0.1) is 0 Å². The number of hydrogen-bond donors (Lipinski definition) is 2. The monoisotopic (exact) mass is 249 g/mol. The molecule has 0 atom stereocenters. The SMILES string of the molecule is Oc1c(F)cccc1CNCC(C1CC1)C1CC1. The van der Waals surface area contributed by atoms with Gasteiger partial charge in [0.2, 0.25) is 0 Å². The molecule has 1 aromatic carbocycles. The smallest absolute Gasteiger partial charge is 0.165 e. The first-order valence-electron chi connectivity index (χ1n) is 6.93. The number of nitrogens with one attached hydrogen (secondary N) is 1. The summed E-state index contributed by atoms with van der Waals surface area (Å²) in [5.74, 6) is 1.91. The van der Waals surface area contributed by atoms with Crippen LogP contribution < -0.4 is 5.32 Å². The lowest BCUT2D eigenvalue weighted by Crippen LogP contribution is -2.25. The maximum absolute atomic E-state index is 13.2. The van der Waals surface area contributed by atoms with Crippen molar-refractivity contribution in [1.29, 1.82) is 0 Å². The van der Waals surface area contributed by atoms with Crippen LogP contribution in [-0.4, -0.2) is 11.7 Å². The highest BCUT2D eigenvalue weighted by atomic mass is 19.1. The van der Waals surface area contributed by atoms with Gasteiger partial charge >= 0.3 is 0 Å². The zero-order chi connectivity index (χ0) is 12.5. The van der Waals surface area contributed by atoms with Crippen molar-refractivity contribution >= 4 is 0 Å². The van der Waals surface area contributed by atoms with Crippen molar-refractivity contribution in [3.05, 3.63) is 29.6 Å². The van der Waals surface area contributed by atoms with E-state index in [0.717, 1.165) is 24.3 Å². The summed E-state index contributed by atoms with van der Waals surface area (Å²) in [5.41, 5.74) is 0.653. The fourth-order valence-electron chi connectivity index (χ4n) is 2.84. The van der Waals surface area contributed by atoms with Crippen LogP contribution in [-0.2, 0) is 6.54 Å². The third-order valence-corrected chi connectivity index (χ3v) is 4.22. The van der Waals surface area contributed by atoms with Crippen molar-refractivity contribution in [1.82, 2.24) is 5.32 Å². The Morgan fingerprint density at radius 3 is 2.50 bits per heavy atom. The molecule has 0 unspecified atom stereocenters. The number of halogens is 1. The molecule has 0 amide bonds. The molecule has 0 bridgehead atoms. The van der Waals surface area contributed by atoms with Gasteiger partial charge in [-0.1, -0.05) is 12.1 Å². The second-order valence-corrected chi connectivity index (χ2v) is 5.72. The third-order valence-electron chi connectivity index (χ3n) is 4.22. The maximum atomic E-state index is 13.2. The van der Waals surface area contributed by atoms with Crippen molar-refractivity contribution in [2.75, 3.05) is 6.54 Å². The molecule has 3 heteroatoms. The molecule has 2 fully saturated rings. The van der Waals surface area contributed by atoms with Crippen LogP contribution in [0.5, 0.6) is 5.75 Å². The van der Waals surface area contributed by atoms with Gasteiger partial charge in [-0.05, 0) is 56.0 Å². The van der Waals surface area contributed by atoms with Crippen molar-refractivity contribution in [2.24, 2.45) is 17.8 Å². The van der Waals surface area contributed by atoms with E-state index in [2.05, 4.69) is 5.32 Å². The Balaban J connectivity index is 1.52. The molecule has 18 heavy (non-hydrogen) atoms. The molecule has 1 aromatic rings. The predicted molar refractivity (Wildman–Crippen MR) is 68.7 cm³/mol. The zero-order valence-electron chi connectivity index (χ0n) is 10.5. The summed E-state index contributed by atoms with van der Waals surface area (Å²) in [5, 5.41) is 13.0. The molecule has 0 spiro atoms. The average Bonchev–Trinajstić information content (AvgIpc) is 3.23. The van der Waals surface area contributed by atoms with Crippen LogP contribution in [0, 0.1) is 23.6 Å². The van der Waals surface area contributed by atoms with Crippen molar-refractivity contribution in [3.8, 4) is 5.75 Å². The van der Waals surface area contributed by atoms with Gasteiger partial charge in [-0.2, -0.15) is 0 Å². The number of phenolic OH excluding ortho intramolecular Hbond substituents is 1. The average molecular weight is 249 g/mol. The lowest BCUT2D eigenvalue weighted by Gasteiger charge is -2.16. The first-order valence-corrected chi connectivity index (χ1v) is 6.93. The lowest BCUT2D eigenvalue weighted by molar-refractivity contribution is 0.374. The first-order chi connectivity index (χ1) is 8.75. The summed E-state index contributed by atoms with van der Waals surface area (Å²) >= 11 is 0. The van der Waals surface area contributed by atoms with Gasteiger partial charge in [0.15, 0.2) is 11.6 Å². The minimum atomic E-state index is -0.532. The van der Waals surface area contributed by atoms with Gasteiger partial charge in [0, 0.05) is 12.1 Å². The number of phenols is 1. The minimum absolute atomic E-state index is 0.209. The highest BCUT2D eigenvalue weighted by Crippen LogP contribution is 2.48. The molecule has 0 saturated heterocycles. The minimum Gasteiger partial charge on any atom is -0.505 e. The fraction of sp³-hybridized carbons (Fsp3) is 0.600. The standard InChI is InChI=1S/C15H20FNO/c16-14-3-1-2-12(15(14)18)8-17-9-13(10-4-5-10)11-6-7-11/h1-3,10-11,13,17-18H,4-9H2. The van der Waals surface area contributed by atoms with Crippen LogP contribution >= 0.6 is 0 Å². The van der Waals surface area contributed by atoms with Crippen LogP contribution in [0.1, 0.15) is 31.2 Å². The molecule has 2 aliphatic carbocycles. The molecule has 0 aliphatic heterocycles. The van der Waals surface area contributed by atoms with E-state index in [-0.39, 0.29) is 5.75 Å². The highest BCUT2D eigenvalue weighted by molar-refractivity contribution is 5.33. The summed E-state index contributed by atoms with van der Waals surface area (Å²) in [4.78, 5) is 0. The summed E-state index contributed by atoms with van der Waals surface area (Å²) in [6, 6.07) is 4.70. The normalized spacial score (nSPS) is 19.4. The summed E-state index contributed by atoms with van der Waals surface area (Å²) < 4.78 is 13.2. The molecule has 2 N–H and O–H groups in total. The predicted octanol–water partition coefficient (Wildman–Crippen LogP) is 3.06. The van der Waals surface area contributed by atoms with Gasteiger partial charge < -0.3 is 10.4 Å². The summed E-state index contributed by atoms with van der Waals surface area (Å²) in [7, 11) is 0. The Labute approximate surface area is 107 Å². The Morgan fingerprint density at radius 1 is 1.22 bits per heavy atom. The summed E-state index contributed by atoms with van der Waals surface area (Å²) in [6.07, 6.45) is 5.53. The molecule has 2 saturated carbocycles. The number of aromatic hydroxyl groups is 1. The summed E-state index contributed by atoms with van der Waals surface area (Å²) in [6.45, 7) is 1.56. The quantitative estimate of drug-likeness (QED) is 0.812. The lowest BCUT2D eigenvalue weighted by atomic mass is 9.98. The molecule has 2 nitrogen and oxygen atoms in total. The van der Waals surface area contributed by atoms with Gasteiger partial charge in [0.1, 0.15) is 0 Å². The van der Waals surface area contributed by atoms with Gasteiger partial charge in [-0.15, -0.1) is 0 Å². The van der Waals surface area contributed by atoms with E-state index in [1.807, 2.05) is 0 Å². The third kappa shape index (κ3) is 2.66. The highest BCUT2D eigenvalue weighted by Gasteiger charge is 2.40. The Bertz CT molecular complexity index is 415. The Morgan fingerprint density at radius 2 is 1.89 bits per heavy atom. The largest absolute Gasteiger partial charge is 0.505 e. The molecule has 2 aliphatic rings. The van der Waals surface area contributed by atoms with Crippen molar-refractivity contribution in [2.45, 2.75) is 32.2 Å². The maximum Gasteiger partial charge on any atom is 0.165 e. The zero-order valence-corrected chi connectivity index (χ0v) is 10.5. The van der Waals surface area contributed by atoms with E-state index in [1.165, 1.54) is 31.7 Å². The van der Waals surface area contributed by atoms with Gasteiger partial charge in [-0.3, -0.25) is 0 Å². The number of benzene rings is 1. The van der Waals surface area contributed by atoms with Crippen LogP contribution in [0.3, 0.4) is 0 Å². The van der Waals surface area contributed by atoms with Crippen molar-refractivity contribution < 1.29 is 9.50 Å². The van der Waals surface area contributed by atoms with Crippen LogP contribution in [0.4, 0.5) is 4.39 Å². The number of hydrogen-bond acceptors (Lipinski definition) is 2. The Hall–Kier alpha value is -1.09. The van der Waals surface area contributed by atoms with Crippen LogP contribution in [0.25, 0.3) is 0 Å². The molecular weight excluding hydrogens is 229 g/mol. The molecular formula is C15H20FNO. The molecule has 0 heterocycles. The van der Waals surface area contributed by atoms with Crippen LogP contribution in [0.2, 0.25) is 0 Å². The van der Waals surface area contributed by atoms with Gasteiger partial charge in [0.25, 0.3) is 0 Å². The van der Waals surface area contributed by atoms with E-state index in [0.29, 0.717) is 12.1 Å². The van der Waals surface area contributed by atoms with E-state index >= 15 is 0 Å². The van der Waals surface area contributed by atoms with E-state index in [1.54, 1.807) is 12.1 Å². The molecule has 0 radical (unpaired) electrons. The molecule has 3 rings (SSSR count). The van der Waals surface area contributed by atoms with E-state index < -0.39 is 5.82 Å². The second kappa shape index (κ2) is 4.88. The van der Waals surface area contributed by atoms with E-state index in [4.69, 9.17) is 0 Å². The van der Waals surface area contributed by atoms with E-state index in [9.17, 15) is 9.50 Å². The molecule has 98 valence electrons. The first kappa shape index (κ1) is 12.0. The Kier molecular flexibility index (Phi) is 3.25. The number of rotatable bonds is 6. The second-order valence-electron chi connectivity index (χ2n) is 5.72. The fourth-order valence-corrected chi connectivity index (χ4v) is 2.84. The molecule has 0 aromatic heterocycles.